The van der Waals surface area contributed by atoms with E-state index in [0.717, 1.165) is 28.4 Å². The summed E-state index contributed by atoms with van der Waals surface area (Å²) in [5, 5.41) is 6.99. The number of nitrogens with one attached hydrogen (secondary N) is 1. The quantitative estimate of drug-likeness (QED) is 0.379. The highest BCUT2D eigenvalue weighted by Gasteiger charge is 2.26. The first-order chi connectivity index (χ1) is 17.0. The summed E-state index contributed by atoms with van der Waals surface area (Å²) in [6, 6.07) is 16.9. The lowest BCUT2D eigenvalue weighted by atomic mass is 10.0. The number of hydrogen-bond acceptors (Lipinski definition) is 5. The first-order valence-corrected chi connectivity index (χ1v) is 11.3. The van der Waals surface area contributed by atoms with Crippen LogP contribution in [0, 0.1) is 6.92 Å². The van der Waals surface area contributed by atoms with Crippen molar-refractivity contribution >= 4 is 11.6 Å². The summed E-state index contributed by atoms with van der Waals surface area (Å²) in [7, 11) is 0. The highest BCUT2D eigenvalue weighted by Crippen LogP contribution is 2.31. The standard InChI is InChI=1S/C27H25F2N5O2/c1-16(19-12-20(27(3,28)29)15-21(30)13-19)32-26(36)24-9-10-25(35)34(33-24)22-7-4-6-18(14-22)23-8-5-11-31-17(23)2/h4-16H,30H2,1-3H3,(H,32,36)/t16-/m1/s1. The molecule has 0 spiro atoms. The largest absolute Gasteiger partial charge is 0.399 e. The van der Waals surface area contributed by atoms with Crippen LogP contribution in [0.2, 0.25) is 0 Å². The van der Waals surface area contributed by atoms with Crippen LogP contribution in [0.1, 0.15) is 47.2 Å². The number of hydrogen-bond donors (Lipinski definition) is 2. The Hall–Kier alpha value is -4.40. The predicted octanol–water partition coefficient (Wildman–Crippen LogP) is 4.79. The lowest BCUT2D eigenvalue weighted by Crippen LogP contribution is -2.31. The van der Waals surface area contributed by atoms with E-state index in [9.17, 15) is 18.4 Å². The maximum absolute atomic E-state index is 13.8. The van der Waals surface area contributed by atoms with Crippen LogP contribution < -0.4 is 16.6 Å². The van der Waals surface area contributed by atoms with Gasteiger partial charge in [0.05, 0.1) is 11.7 Å². The molecule has 0 radical (unpaired) electrons. The van der Waals surface area contributed by atoms with Gasteiger partial charge in [-0.3, -0.25) is 14.6 Å². The summed E-state index contributed by atoms with van der Waals surface area (Å²) in [5.41, 5.74) is 8.81. The lowest BCUT2D eigenvalue weighted by Gasteiger charge is -2.18. The van der Waals surface area contributed by atoms with Crippen molar-refractivity contribution in [2.75, 3.05) is 5.73 Å². The molecule has 0 fully saturated rings. The van der Waals surface area contributed by atoms with E-state index in [1.165, 1.54) is 30.3 Å². The number of nitrogens with zero attached hydrogens (tertiary/aromatic N) is 3. The van der Waals surface area contributed by atoms with Gasteiger partial charge in [-0.2, -0.15) is 9.78 Å². The van der Waals surface area contributed by atoms with E-state index in [1.807, 2.05) is 25.1 Å². The molecule has 9 heteroatoms. The Labute approximate surface area is 206 Å². The van der Waals surface area contributed by atoms with Gasteiger partial charge < -0.3 is 11.1 Å². The molecule has 184 valence electrons. The minimum atomic E-state index is -3.08. The average molecular weight is 490 g/mol. The summed E-state index contributed by atoms with van der Waals surface area (Å²) < 4.78 is 28.8. The fraction of sp³-hybridized carbons (Fsp3) is 0.185. The van der Waals surface area contributed by atoms with Gasteiger partial charge >= 0.3 is 0 Å². The molecule has 0 saturated heterocycles. The van der Waals surface area contributed by atoms with Crippen LogP contribution in [0.4, 0.5) is 14.5 Å². The number of amides is 1. The van der Waals surface area contributed by atoms with Crippen LogP contribution >= 0.6 is 0 Å². The van der Waals surface area contributed by atoms with Crippen LogP contribution in [0.5, 0.6) is 0 Å². The molecule has 36 heavy (non-hydrogen) atoms. The van der Waals surface area contributed by atoms with Crippen LogP contribution in [0.15, 0.2) is 77.7 Å². The monoisotopic (exact) mass is 489 g/mol. The zero-order chi connectivity index (χ0) is 26.0. The van der Waals surface area contributed by atoms with E-state index in [0.29, 0.717) is 11.3 Å². The molecule has 2 heterocycles. The number of pyridine rings is 1. The van der Waals surface area contributed by atoms with Crippen LogP contribution in [-0.2, 0) is 5.92 Å². The van der Waals surface area contributed by atoms with E-state index in [4.69, 9.17) is 5.73 Å². The number of carbonyl (C=O) groups is 1. The van der Waals surface area contributed by atoms with E-state index in [1.54, 1.807) is 31.3 Å². The lowest BCUT2D eigenvalue weighted by molar-refractivity contribution is 0.0174. The van der Waals surface area contributed by atoms with Crippen LogP contribution in [0.3, 0.4) is 0 Å². The number of nitrogen functional groups attached to an aromatic ring is 1. The smallest absolute Gasteiger partial charge is 0.272 e. The molecule has 4 rings (SSSR count). The second-order valence-electron chi connectivity index (χ2n) is 8.63. The minimum Gasteiger partial charge on any atom is -0.399 e. The molecule has 4 aromatic rings. The van der Waals surface area contributed by atoms with Crippen molar-refractivity contribution in [3.05, 3.63) is 106 Å². The number of alkyl halides is 2. The SMILES string of the molecule is Cc1ncccc1-c1cccc(-n2nc(C(=O)N[C@H](C)c3cc(N)cc(C(C)(F)F)c3)ccc2=O)c1. The van der Waals surface area contributed by atoms with Gasteiger partial charge in [-0.25, -0.2) is 8.78 Å². The fourth-order valence-electron chi connectivity index (χ4n) is 3.85. The highest BCUT2D eigenvalue weighted by atomic mass is 19.3. The minimum absolute atomic E-state index is 0.00522. The summed E-state index contributed by atoms with van der Waals surface area (Å²) in [6.45, 7) is 4.33. The number of aromatic nitrogens is 3. The first-order valence-electron chi connectivity index (χ1n) is 11.3. The van der Waals surface area contributed by atoms with Gasteiger partial charge in [-0.15, -0.1) is 0 Å². The van der Waals surface area contributed by atoms with Gasteiger partial charge in [-0.1, -0.05) is 18.2 Å². The topological polar surface area (TPSA) is 103 Å². The summed E-state index contributed by atoms with van der Waals surface area (Å²) >= 11 is 0. The van der Waals surface area contributed by atoms with Crippen molar-refractivity contribution in [2.45, 2.75) is 32.7 Å². The molecule has 0 aliphatic heterocycles. The Morgan fingerprint density at radius 3 is 2.58 bits per heavy atom. The Morgan fingerprint density at radius 1 is 1.08 bits per heavy atom. The van der Waals surface area contributed by atoms with Crippen molar-refractivity contribution in [2.24, 2.45) is 0 Å². The number of anilines is 1. The molecule has 7 nitrogen and oxygen atoms in total. The molecular weight excluding hydrogens is 464 g/mol. The Morgan fingerprint density at radius 2 is 1.86 bits per heavy atom. The van der Waals surface area contributed by atoms with E-state index in [-0.39, 0.29) is 16.9 Å². The molecule has 0 aliphatic carbocycles. The second-order valence-corrected chi connectivity index (χ2v) is 8.63. The molecule has 1 amide bonds. The molecule has 1 atom stereocenters. The van der Waals surface area contributed by atoms with E-state index in [2.05, 4.69) is 15.4 Å². The van der Waals surface area contributed by atoms with Gasteiger partial charge in [0, 0.05) is 41.7 Å². The third-order valence-electron chi connectivity index (χ3n) is 5.77. The van der Waals surface area contributed by atoms with E-state index >= 15 is 0 Å². The number of halogens is 2. The summed E-state index contributed by atoms with van der Waals surface area (Å²) in [4.78, 5) is 29.8. The van der Waals surface area contributed by atoms with Crippen molar-refractivity contribution in [3.63, 3.8) is 0 Å². The van der Waals surface area contributed by atoms with Crippen LogP contribution in [0.25, 0.3) is 16.8 Å². The number of rotatable bonds is 6. The van der Waals surface area contributed by atoms with Crippen molar-refractivity contribution < 1.29 is 13.6 Å². The third-order valence-corrected chi connectivity index (χ3v) is 5.77. The Balaban J connectivity index is 1.62. The molecule has 0 bridgehead atoms. The molecule has 2 aromatic carbocycles. The van der Waals surface area contributed by atoms with Gasteiger partial charge in [0.2, 0.25) is 0 Å². The van der Waals surface area contributed by atoms with E-state index < -0.39 is 23.4 Å². The van der Waals surface area contributed by atoms with Gasteiger partial charge in [0.15, 0.2) is 0 Å². The Kier molecular flexibility index (Phi) is 6.65. The molecule has 2 aromatic heterocycles. The fourth-order valence-corrected chi connectivity index (χ4v) is 3.85. The van der Waals surface area contributed by atoms with Crippen molar-refractivity contribution in [1.29, 1.82) is 0 Å². The zero-order valence-electron chi connectivity index (χ0n) is 20.0. The number of benzene rings is 2. The highest BCUT2D eigenvalue weighted by molar-refractivity contribution is 5.92. The van der Waals surface area contributed by atoms with Crippen LogP contribution in [-0.4, -0.2) is 20.7 Å². The normalized spacial score (nSPS) is 12.2. The summed E-state index contributed by atoms with van der Waals surface area (Å²) in [6.07, 6.45) is 1.70. The maximum Gasteiger partial charge on any atom is 0.272 e. The number of aryl methyl sites for hydroxylation is 1. The van der Waals surface area contributed by atoms with Gasteiger partial charge in [0.25, 0.3) is 17.4 Å². The zero-order valence-corrected chi connectivity index (χ0v) is 20.0. The third kappa shape index (κ3) is 5.30. The summed E-state index contributed by atoms with van der Waals surface area (Å²) in [5.74, 6) is -3.64. The maximum atomic E-state index is 13.8. The second kappa shape index (κ2) is 9.69. The molecule has 3 N–H and O–H groups in total. The number of nitrogens with two attached hydrogens (primary N) is 1. The predicted molar refractivity (Wildman–Crippen MR) is 134 cm³/mol. The molecule has 0 saturated carbocycles. The number of carbonyl (C=O) groups excluding carboxylic acids is 1. The Bertz CT molecular complexity index is 1490. The van der Waals surface area contributed by atoms with Gasteiger partial charge in [-0.05, 0) is 67.4 Å². The molecule has 0 unspecified atom stereocenters. The van der Waals surface area contributed by atoms with Crippen molar-refractivity contribution in [3.8, 4) is 16.8 Å². The molecular formula is C27H25F2N5O2. The first kappa shape index (κ1) is 24.7. The van der Waals surface area contributed by atoms with Crippen molar-refractivity contribution in [1.82, 2.24) is 20.1 Å². The average Bonchev–Trinajstić information content (AvgIpc) is 2.83. The molecule has 0 aliphatic rings. The van der Waals surface area contributed by atoms with Gasteiger partial charge in [0.1, 0.15) is 5.69 Å².